The standard InChI is InChI=1S/C17H15F5N6O4/c18-16(19,2-1-12(29)25-7-17(20,21)22)8-32-11-5-10(27-28-4-3-23-13(11)28)9-6-24-15(31)26-14(9)30/h3-6H,1-2,7-8H2,(H,25,29)(H2,24,26,30,31). The topological polar surface area (TPSA) is 134 Å². The maximum Gasteiger partial charge on any atom is 0.405 e. The highest BCUT2D eigenvalue weighted by Crippen LogP contribution is 2.27. The van der Waals surface area contributed by atoms with Crippen LogP contribution in [0.4, 0.5) is 22.0 Å². The van der Waals surface area contributed by atoms with Gasteiger partial charge in [-0.1, -0.05) is 0 Å². The number of imidazole rings is 1. The first-order chi connectivity index (χ1) is 14.9. The van der Waals surface area contributed by atoms with Crippen LogP contribution in [0, 0.1) is 0 Å². The van der Waals surface area contributed by atoms with Crippen LogP contribution in [0.1, 0.15) is 12.8 Å². The number of H-pyrrole nitrogens is 2. The third-order valence-corrected chi connectivity index (χ3v) is 4.06. The Balaban J connectivity index is 1.72. The number of amides is 1. The molecule has 0 saturated carbocycles. The Morgan fingerprint density at radius 2 is 1.97 bits per heavy atom. The highest BCUT2D eigenvalue weighted by atomic mass is 19.4. The Kier molecular flexibility index (Phi) is 6.27. The lowest BCUT2D eigenvalue weighted by Gasteiger charge is -2.17. The van der Waals surface area contributed by atoms with E-state index < -0.39 is 55.2 Å². The van der Waals surface area contributed by atoms with Crippen LogP contribution in [0.2, 0.25) is 0 Å². The molecule has 1 amide bonds. The summed E-state index contributed by atoms with van der Waals surface area (Å²) in [4.78, 5) is 42.7. The number of carbonyl (C=O) groups is 1. The number of nitrogens with zero attached hydrogens (tertiary/aromatic N) is 3. The Hall–Kier alpha value is -3.78. The van der Waals surface area contributed by atoms with Crippen molar-refractivity contribution in [3.8, 4) is 17.0 Å². The van der Waals surface area contributed by atoms with E-state index in [1.807, 2.05) is 4.98 Å². The molecule has 0 saturated heterocycles. The van der Waals surface area contributed by atoms with Gasteiger partial charge in [-0.15, -0.1) is 0 Å². The molecule has 0 fully saturated rings. The average molecular weight is 462 g/mol. The van der Waals surface area contributed by atoms with Gasteiger partial charge in [-0.3, -0.25) is 14.6 Å². The Labute approximate surface area is 174 Å². The third-order valence-electron chi connectivity index (χ3n) is 4.06. The zero-order valence-corrected chi connectivity index (χ0v) is 16.0. The second-order valence-electron chi connectivity index (χ2n) is 6.61. The molecule has 3 N–H and O–H groups in total. The van der Waals surface area contributed by atoms with Crippen LogP contribution in [0.5, 0.6) is 5.75 Å². The van der Waals surface area contributed by atoms with Gasteiger partial charge in [-0.05, 0) is 0 Å². The van der Waals surface area contributed by atoms with Crippen molar-refractivity contribution in [2.45, 2.75) is 24.9 Å². The Bertz CT molecular complexity index is 1230. The zero-order valence-electron chi connectivity index (χ0n) is 16.0. The van der Waals surface area contributed by atoms with E-state index in [0.29, 0.717) is 0 Å². The minimum absolute atomic E-state index is 0.0159. The number of nitrogens with one attached hydrogen (secondary N) is 3. The monoisotopic (exact) mass is 462 g/mol. The highest BCUT2D eigenvalue weighted by molar-refractivity contribution is 5.75. The van der Waals surface area contributed by atoms with Crippen molar-refractivity contribution in [2.24, 2.45) is 0 Å². The number of aromatic nitrogens is 5. The van der Waals surface area contributed by atoms with Crippen LogP contribution < -0.4 is 21.3 Å². The predicted octanol–water partition coefficient (Wildman–Crippen LogP) is 1.25. The molecule has 10 nitrogen and oxygen atoms in total. The first-order valence-corrected chi connectivity index (χ1v) is 8.94. The van der Waals surface area contributed by atoms with E-state index in [1.54, 1.807) is 0 Å². The highest BCUT2D eigenvalue weighted by Gasteiger charge is 2.33. The molecule has 172 valence electrons. The molecule has 0 radical (unpaired) electrons. The maximum absolute atomic E-state index is 14.1. The van der Waals surface area contributed by atoms with Crippen molar-refractivity contribution in [1.29, 1.82) is 0 Å². The molecule has 3 rings (SSSR count). The fraction of sp³-hybridized carbons (Fsp3) is 0.353. The Morgan fingerprint density at radius 3 is 2.66 bits per heavy atom. The smallest absolute Gasteiger partial charge is 0.405 e. The van der Waals surface area contributed by atoms with Gasteiger partial charge in [-0.25, -0.2) is 23.1 Å². The van der Waals surface area contributed by atoms with Crippen LogP contribution in [0.15, 0.2) is 34.2 Å². The molecular formula is C17H15F5N6O4. The number of rotatable bonds is 8. The second kappa shape index (κ2) is 8.76. The van der Waals surface area contributed by atoms with Crippen molar-refractivity contribution in [2.75, 3.05) is 13.2 Å². The summed E-state index contributed by atoms with van der Waals surface area (Å²) in [7, 11) is 0. The first-order valence-electron chi connectivity index (χ1n) is 8.94. The molecule has 0 aliphatic carbocycles. The Morgan fingerprint density at radius 1 is 1.22 bits per heavy atom. The van der Waals surface area contributed by atoms with Crippen LogP contribution in [0.3, 0.4) is 0 Å². The summed E-state index contributed by atoms with van der Waals surface area (Å²) in [6.45, 7) is -2.83. The summed E-state index contributed by atoms with van der Waals surface area (Å²) in [5.74, 6) is -4.91. The average Bonchev–Trinajstić information content (AvgIpc) is 3.17. The largest absolute Gasteiger partial charge is 0.483 e. The molecule has 15 heteroatoms. The molecule has 0 bridgehead atoms. The molecular weight excluding hydrogens is 447 g/mol. The minimum Gasteiger partial charge on any atom is -0.483 e. The molecule has 0 spiro atoms. The minimum atomic E-state index is -4.65. The molecule has 0 aromatic carbocycles. The first kappa shape index (κ1) is 22.9. The van der Waals surface area contributed by atoms with E-state index >= 15 is 0 Å². The van der Waals surface area contributed by atoms with E-state index in [0.717, 1.165) is 16.8 Å². The van der Waals surface area contributed by atoms with E-state index in [2.05, 4.69) is 15.1 Å². The SMILES string of the molecule is O=C(CCC(F)(F)COc1cc(-c2c[nH]c(=O)[nH]c2=O)nn2ccnc12)NCC(F)(F)F. The van der Waals surface area contributed by atoms with E-state index in [-0.39, 0.29) is 22.7 Å². The number of hydrogen-bond acceptors (Lipinski definition) is 6. The quantitative estimate of drug-likeness (QED) is 0.432. The lowest BCUT2D eigenvalue weighted by molar-refractivity contribution is -0.139. The van der Waals surface area contributed by atoms with Crippen molar-refractivity contribution in [3.63, 3.8) is 0 Å². The number of carbonyl (C=O) groups excluding carboxylic acids is 1. The molecule has 0 unspecified atom stereocenters. The van der Waals surface area contributed by atoms with Gasteiger partial charge in [0.05, 0.1) is 5.56 Å². The number of aromatic amines is 2. The summed E-state index contributed by atoms with van der Waals surface area (Å²) in [6.07, 6.45) is -2.79. The van der Waals surface area contributed by atoms with Gasteiger partial charge in [0, 0.05) is 37.5 Å². The summed E-state index contributed by atoms with van der Waals surface area (Å²) in [5.41, 5.74) is -1.57. The number of halogens is 5. The second-order valence-corrected chi connectivity index (χ2v) is 6.61. The van der Waals surface area contributed by atoms with Crippen LogP contribution in [-0.2, 0) is 4.79 Å². The molecule has 3 aromatic heterocycles. The molecule has 3 aromatic rings. The summed E-state index contributed by atoms with van der Waals surface area (Å²) in [5, 5.41) is 5.61. The van der Waals surface area contributed by atoms with Crippen LogP contribution >= 0.6 is 0 Å². The van der Waals surface area contributed by atoms with Gasteiger partial charge in [-0.2, -0.15) is 18.3 Å². The van der Waals surface area contributed by atoms with Crippen molar-refractivity contribution >= 4 is 11.6 Å². The number of hydrogen-bond donors (Lipinski definition) is 3. The van der Waals surface area contributed by atoms with E-state index in [4.69, 9.17) is 4.74 Å². The van der Waals surface area contributed by atoms with Gasteiger partial charge in [0.15, 0.2) is 18.0 Å². The van der Waals surface area contributed by atoms with Gasteiger partial charge in [0.25, 0.3) is 11.5 Å². The summed E-state index contributed by atoms with van der Waals surface area (Å²) in [6, 6.07) is 1.16. The zero-order chi connectivity index (χ0) is 23.5. The third kappa shape index (κ3) is 5.89. The lowest BCUT2D eigenvalue weighted by atomic mass is 10.2. The molecule has 32 heavy (non-hydrogen) atoms. The fourth-order valence-corrected chi connectivity index (χ4v) is 2.56. The van der Waals surface area contributed by atoms with Crippen molar-refractivity contribution < 1.29 is 31.5 Å². The van der Waals surface area contributed by atoms with E-state index in [1.165, 1.54) is 17.7 Å². The molecule has 3 heterocycles. The fourth-order valence-electron chi connectivity index (χ4n) is 2.56. The molecule has 0 atom stereocenters. The van der Waals surface area contributed by atoms with Gasteiger partial charge >= 0.3 is 11.9 Å². The van der Waals surface area contributed by atoms with Gasteiger partial charge in [0.1, 0.15) is 12.2 Å². The molecule has 0 aliphatic heterocycles. The van der Waals surface area contributed by atoms with Gasteiger partial charge in [0.2, 0.25) is 5.91 Å². The van der Waals surface area contributed by atoms with Gasteiger partial charge < -0.3 is 15.0 Å². The normalized spacial score (nSPS) is 12.2. The summed E-state index contributed by atoms with van der Waals surface area (Å²) >= 11 is 0. The van der Waals surface area contributed by atoms with Crippen molar-refractivity contribution in [3.05, 3.63) is 45.5 Å². The van der Waals surface area contributed by atoms with Crippen LogP contribution in [-0.4, -0.2) is 55.7 Å². The molecule has 0 aliphatic rings. The van der Waals surface area contributed by atoms with Crippen LogP contribution in [0.25, 0.3) is 16.9 Å². The number of fused-ring (bicyclic) bond motifs is 1. The number of ether oxygens (including phenoxy) is 1. The van der Waals surface area contributed by atoms with Crippen molar-refractivity contribution in [1.82, 2.24) is 29.9 Å². The maximum atomic E-state index is 14.1. The number of alkyl halides is 5. The predicted molar refractivity (Wildman–Crippen MR) is 98.4 cm³/mol. The lowest BCUT2D eigenvalue weighted by Crippen LogP contribution is -2.35. The summed E-state index contributed by atoms with van der Waals surface area (Å²) < 4.78 is 70.8. The van der Waals surface area contributed by atoms with E-state index in [9.17, 15) is 36.3 Å².